The van der Waals surface area contributed by atoms with Crippen LogP contribution in [0.2, 0.25) is 10.0 Å². The number of amides is 2. The van der Waals surface area contributed by atoms with Crippen LogP contribution < -0.4 is 10.7 Å². The van der Waals surface area contributed by atoms with Gasteiger partial charge in [-0.1, -0.05) is 79.5 Å². The number of nitrogens with one attached hydrogen (secondary N) is 3. The van der Waals surface area contributed by atoms with Crippen LogP contribution in [0.1, 0.15) is 30.5 Å². The first-order valence-electron chi connectivity index (χ1n) is 13.6. The molecule has 42 heavy (non-hydrogen) atoms. The smallest absolute Gasteiger partial charge is 0.407 e. The Bertz CT molecular complexity index is 1760. The number of hydrogen-bond donors (Lipinski definition) is 3. The molecule has 216 valence electrons. The molecule has 2 aromatic heterocycles. The number of para-hydroxylation sites is 2. The number of alkyl carbamates (subject to hydrolysis) is 1. The van der Waals surface area contributed by atoms with Gasteiger partial charge in [0.2, 0.25) is 0 Å². The number of ether oxygens (including phenoxy) is 1. The van der Waals surface area contributed by atoms with Crippen molar-refractivity contribution in [3.8, 4) is 0 Å². The molecule has 0 aliphatic rings. The zero-order valence-corrected chi connectivity index (χ0v) is 24.7. The van der Waals surface area contributed by atoms with Gasteiger partial charge in [0.25, 0.3) is 5.91 Å². The first kappa shape index (κ1) is 29.2. The maximum atomic E-state index is 13.3. The fourth-order valence-electron chi connectivity index (χ4n) is 4.74. The number of halogens is 2. The highest BCUT2D eigenvalue weighted by Crippen LogP contribution is 2.26. The van der Waals surface area contributed by atoms with Crippen molar-refractivity contribution in [2.24, 2.45) is 11.0 Å². The molecule has 3 N–H and O–H groups in total. The second-order valence-electron chi connectivity index (χ2n) is 10.5. The third-order valence-corrected chi connectivity index (χ3v) is 7.40. The van der Waals surface area contributed by atoms with E-state index in [4.69, 9.17) is 27.9 Å². The van der Waals surface area contributed by atoms with Crippen LogP contribution in [0.5, 0.6) is 0 Å². The lowest BCUT2D eigenvalue weighted by atomic mass is 10.0. The Balaban J connectivity index is 1.34. The van der Waals surface area contributed by atoms with Gasteiger partial charge in [-0.15, -0.1) is 0 Å². The number of aromatic amines is 1. The molecule has 1 atom stereocenters. The third kappa shape index (κ3) is 6.95. The van der Waals surface area contributed by atoms with E-state index in [1.807, 2.05) is 86.9 Å². The van der Waals surface area contributed by atoms with Gasteiger partial charge in [-0.2, -0.15) is 5.10 Å². The minimum Gasteiger partial charge on any atom is -0.449 e. The summed E-state index contributed by atoms with van der Waals surface area (Å²) in [5.41, 5.74) is 7.17. The van der Waals surface area contributed by atoms with Crippen molar-refractivity contribution in [3.63, 3.8) is 0 Å². The Morgan fingerprint density at radius 2 is 1.79 bits per heavy atom. The van der Waals surface area contributed by atoms with Gasteiger partial charge in [0.05, 0.1) is 12.8 Å². The lowest BCUT2D eigenvalue weighted by molar-refractivity contribution is -0.123. The van der Waals surface area contributed by atoms with Gasteiger partial charge in [0.15, 0.2) is 0 Å². The molecule has 5 aromatic rings. The van der Waals surface area contributed by atoms with Gasteiger partial charge in [-0.05, 0) is 41.3 Å². The zero-order chi connectivity index (χ0) is 29.6. The van der Waals surface area contributed by atoms with Crippen molar-refractivity contribution in [2.45, 2.75) is 32.9 Å². The molecule has 10 heteroatoms. The normalized spacial score (nSPS) is 12.3. The summed E-state index contributed by atoms with van der Waals surface area (Å²) >= 11 is 12.5. The number of benzene rings is 3. The largest absolute Gasteiger partial charge is 0.449 e. The molecule has 3 aromatic carbocycles. The maximum Gasteiger partial charge on any atom is 0.407 e. The van der Waals surface area contributed by atoms with E-state index in [1.165, 1.54) is 0 Å². The van der Waals surface area contributed by atoms with E-state index in [0.29, 0.717) is 16.6 Å². The van der Waals surface area contributed by atoms with Crippen molar-refractivity contribution >= 4 is 63.2 Å². The van der Waals surface area contributed by atoms with Crippen molar-refractivity contribution in [3.05, 3.63) is 106 Å². The number of carbonyl (C=O) groups is 2. The molecule has 0 bridgehead atoms. The Labute approximate surface area is 253 Å². The van der Waals surface area contributed by atoms with Gasteiger partial charge >= 0.3 is 6.09 Å². The van der Waals surface area contributed by atoms with E-state index < -0.39 is 18.0 Å². The number of hydrazone groups is 1. The summed E-state index contributed by atoms with van der Waals surface area (Å²) < 4.78 is 7.35. The van der Waals surface area contributed by atoms with Crippen LogP contribution in [0, 0.1) is 5.92 Å². The number of hydrogen-bond acceptors (Lipinski definition) is 4. The first-order valence-corrected chi connectivity index (χ1v) is 14.4. The monoisotopic (exact) mass is 603 g/mol. The quantitative estimate of drug-likeness (QED) is 0.119. The average molecular weight is 605 g/mol. The summed E-state index contributed by atoms with van der Waals surface area (Å²) in [6.07, 6.45) is 4.99. The molecular formula is C32H31Cl2N5O3. The van der Waals surface area contributed by atoms with E-state index in [0.717, 1.165) is 38.5 Å². The summed E-state index contributed by atoms with van der Waals surface area (Å²) in [6, 6.07) is 20.2. The highest BCUT2D eigenvalue weighted by Gasteiger charge is 2.23. The van der Waals surface area contributed by atoms with Crippen LogP contribution in [-0.2, 0) is 22.5 Å². The summed E-state index contributed by atoms with van der Waals surface area (Å²) in [5, 5.41) is 10.1. The number of aromatic nitrogens is 2. The Morgan fingerprint density at radius 3 is 2.57 bits per heavy atom. The average Bonchev–Trinajstić information content (AvgIpc) is 3.54. The van der Waals surface area contributed by atoms with Crippen LogP contribution >= 0.6 is 23.2 Å². The molecule has 8 nitrogen and oxygen atoms in total. The molecule has 0 unspecified atom stereocenters. The SMILES string of the molecule is CC(C)COC(=O)N[C@@H](Cc1c[nH]c2ccccc12)C(=O)N/N=C\c1cn(Cc2ccc(Cl)cc2Cl)c2ccccc12. The van der Waals surface area contributed by atoms with Crippen molar-refractivity contribution in [2.75, 3.05) is 6.61 Å². The molecule has 0 aliphatic heterocycles. The van der Waals surface area contributed by atoms with Crippen LogP contribution in [0.4, 0.5) is 4.79 Å². The van der Waals surface area contributed by atoms with E-state index in [9.17, 15) is 9.59 Å². The van der Waals surface area contributed by atoms with E-state index >= 15 is 0 Å². The van der Waals surface area contributed by atoms with Gasteiger partial charge in [-0.25, -0.2) is 10.2 Å². The van der Waals surface area contributed by atoms with E-state index in [-0.39, 0.29) is 18.9 Å². The Hall–Kier alpha value is -4.27. The van der Waals surface area contributed by atoms with Gasteiger partial charge in [-0.3, -0.25) is 4.79 Å². The van der Waals surface area contributed by atoms with Crippen molar-refractivity contribution < 1.29 is 14.3 Å². The molecule has 0 fully saturated rings. The standard InChI is InChI=1S/C32H31Cl2N5O3/c1-20(2)19-42-32(41)37-29(13-22-15-35-28-9-5-3-7-25(22)28)31(40)38-36-16-23-18-39(30-10-6-4-8-26(23)30)17-21-11-12-24(33)14-27(21)34/h3-12,14-16,18,20,29,35H,13,17,19H2,1-2H3,(H,37,41)(H,38,40)/b36-16-/t29-/m0/s1. The molecule has 0 spiro atoms. The highest BCUT2D eigenvalue weighted by molar-refractivity contribution is 6.35. The predicted octanol–water partition coefficient (Wildman–Crippen LogP) is 6.92. The van der Waals surface area contributed by atoms with Crippen molar-refractivity contribution in [1.29, 1.82) is 0 Å². The predicted molar refractivity (Wildman–Crippen MR) is 168 cm³/mol. The molecule has 2 amide bonds. The maximum absolute atomic E-state index is 13.3. The fraction of sp³-hybridized carbons (Fsp3) is 0.219. The lowest BCUT2D eigenvalue weighted by Gasteiger charge is -2.17. The van der Waals surface area contributed by atoms with Crippen molar-refractivity contribution in [1.82, 2.24) is 20.3 Å². The molecule has 0 saturated heterocycles. The first-order chi connectivity index (χ1) is 20.3. The minimum absolute atomic E-state index is 0.166. The number of rotatable bonds is 10. The molecular weight excluding hydrogens is 573 g/mol. The molecule has 5 rings (SSSR count). The van der Waals surface area contributed by atoms with Gasteiger partial charge < -0.3 is 19.6 Å². The second-order valence-corrected chi connectivity index (χ2v) is 11.3. The molecule has 2 heterocycles. The summed E-state index contributed by atoms with van der Waals surface area (Å²) in [4.78, 5) is 29.0. The number of H-pyrrole nitrogens is 1. The Kier molecular flexibility index (Phi) is 9.15. The van der Waals surface area contributed by atoms with Crippen LogP contribution in [0.15, 0.2) is 84.2 Å². The molecule has 0 aliphatic carbocycles. The van der Waals surface area contributed by atoms with E-state index in [2.05, 4.69) is 25.4 Å². The van der Waals surface area contributed by atoms with E-state index in [1.54, 1.807) is 12.3 Å². The second kappa shape index (κ2) is 13.1. The lowest BCUT2D eigenvalue weighted by Crippen LogP contribution is -2.47. The van der Waals surface area contributed by atoms with Crippen LogP contribution in [0.25, 0.3) is 21.8 Å². The number of nitrogens with zero attached hydrogens (tertiary/aromatic N) is 2. The van der Waals surface area contributed by atoms with Gasteiger partial charge in [0.1, 0.15) is 6.04 Å². The number of carbonyl (C=O) groups excluding carboxylic acids is 2. The summed E-state index contributed by atoms with van der Waals surface area (Å²) in [7, 11) is 0. The Morgan fingerprint density at radius 1 is 1.02 bits per heavy atom. The summed E-state index contributed by atoms with van der Waals surface area (Å²) in [6.45, 7) is 4.67. The van der Waals surface area contributed by atoms with Gasteiger partial charge in [0, 0.05) is 62.8 Å². The third-order valence-electron chi connectivity index (χ3n) is 6.81. The molecule has 0 saturated carbocycles. The minimum atomic E-state index is -0.908. The zero-order valence-electron chi connectivity index (χ0n) is 23.2. The topological polar surface area (TPSA) is 101 Å². The number of fused-ring (bicyclic) bond motifs is 2. The highest BCUT2D eigenvalue weighted by atomic mass is 35.5. The van der Waals surface area contributed by atoms with Crippen LogP contribution in [-0.4, -0.2) is 40.4 Å². The summed E-state index contributed by atoms with van der Waals surface area (Å²) in [5.74, 6) is -0.297. The fourth-order valence-corrected chi connectivity index (χ4v) is 5.21. The molecule has 0 radical (unpaired) electrons. The van der Waals surface area contributed by atoms with Crippen LogP contribution in [0.3, 0.4) is 0 Å².